The number of aromatic nitrogens is 1. The second-order valence-corrected chi connectivity index (χ2v) is 7.15. The van der Waals surface area contributed by atoms with E-state index in [1.165, 1.54) is 6.20 Å². The highest BCUT2D eigenvalue weighted by Gasteiger charge is 2.09. The molecule has 7 nitrogen and oxygen atoms in total. The minimum atomic E-state index is -0.0965. The van der Waals surface area contributed by atoms with Crippen LogP contribution in [0.1, 0.15) is 21.5 Å². The number of allylic oxidation sites excluding steroid dienone is 1. The van der Waals surface area contributed by atoms with Crippen molar-refractivity contribution in [2.45, 2.75) is 6.42 Å². The zero-order valence-corrected chi connectivity index (χ0v) is 18.0. The van der Waals surface area contributed by atoms with Gasteiger partial charge in [-0.1, -0.05) is 36.9 Å². The Morgan fingerprint density at radius 3 is 2.78 bits per heavy atom. The lowest BCUT2D eigenvalue weighted by molar-refractivity contribution is 0.0964. The van der Waals surface area contributed by atoms with Gasteiger partial charge in [0.15, 0.2) is 0 Å². The van der Waals surface area contributed by atoms with Gasteiger partial charge in [0, 0.05) is 42.5 Å². The number of nitrogens with one attached hydrogen (secondary N) is 2. The van der Waals surface area contributed by atoms with Gasteiger partial charge in [0.2, 0.25) is 0 Å². The molecule has 1 aromatic heterocycles. The zero-order chi connectivity index (χ0) is 22.9. The van der Waals surface area contributed by atoms with Gasteiger partial charge in [-0.15, -0.1) is 0 Å². The summed E-state index contributed by atoms with van der Waals surface area (Å²) in [7, 11) is 1.63. The monoisotopic (exact) mass is 429 g/mol. The number of nitrogens with two attached hydrogens (primary N) is 1. The molecule has 0 bridgehead atoms. The third-order valence-electron chi connectivity index (χ3n) is 4.92. The van der Waals surface area contributed by atoms with E-state index in [1.807, 2.05) is 42.5 Å². The maximum absolute atomic E-state index is 12.1. The SMILES string of the molecule is C=C(Nc1cc(Cc2ccc3c(C(=O)NC)cccc3c2)ccn1)C(C=NCCO)=CN. The molecule has 0 saturated carbocycles. The number of amides is 1. The number of hydrogen-bond acceptors (Lipinski definition) is 6. The summed E-state index contributed by atoms with van der Waals surface area (Å²) in [4.78, 5) is 20.5. The Kier molecular flexibility index (Phi) is 7.72. The first-order chi connectivity index (χ1) is 15.5. The van der Waals surface area contributed by atoms with Crippen molar-refractivity contribution in [1.29, 1.82) is 0 Å². The van der Waals surface area contributed by atoms with E-state index in [0.29, 0.717) is 35.6 Å². The number of aliphatic hydroxyl groups is 1. The molecule has 0 unspecified atom stereocenters. The van der Waals surface area contributed by atoms with E-state index in [4.69, 9.17) is 10.8 Å². The molecule has 1 amide bonds. The standard InChI is InChI=1S/C25H27N5O2/c1-17(21(15-26)16-28-10-11-31)30-24-14-19(8-9-29-24)12-18-6-7-22-20(13-18)4-3-5-23(22)25(32)27-2/h3-9,13-16,31H,1,10-12,26H2,2H3,(H,27,32)(H,29,30). The van der Waals surface area contributed by atoms with Gasteiger partial charge in [-0.05, 0) is 46.5 Å². The van der Waals surface area contributed by atoms with E-state index < -0.39 is 0 Å². The lowest BCUT2D eigenvalue weighted by atomic mass is 9.98. The molecular weight excluding hydrogens is 402 g/mol. The van der Waals surface area contributed by atoms with Gasteiger partial charge in [0.1, 0.15) is 5.82 Å². The summed E-state index contributed by atoms with van der Waals surface area (Å²) >= 11 is 0. The van der Waals surface area contributed by atoms with Crippen molar-refractivity contribution in [3.05, 3.63) is 95.5 Å². The van der Waals surface area contributed by atoms with Crippen LogP contribution in [-0.2, 0) is 6.42 Å². The molecule has 32 heavy (non-hydrogen) atoms. The molecular formula is C25H27N5O2. The minimum absolute atomic E-state index is 0.0280. The third kappa shape index (κ3) is 5.59. The number of rotatable bonds is 9. The quantitative estimate of drug-likeness (QED) is 0.309. The van der Waals surface area contributed by atoms with E-state index in [2.05, 4.69) is 33.3 Å². The summed E-state index contributed by atoms with van der Waals surface area (Å²) in [6, 6.07) is 15.8. The lowest BCUT2D eigenvalue weighted by Crippen LogP contribution is -2.17. The van der Waals surface area contributed by atoms with Crippen molar-refractivity contribution >= 4 is 28.7 Å². The largest absolute Gasteiger partial charge is 0.404 e. The molecule has 3 aromatic rings. The number of pyridine rings is 1. The summed E-state index contributed by atoms with van der Waals surface area (Å²) in [6.45, 7) is 4.26. The second-order valence-electron chi connectivity index (χ2n) is 7.15. The number of carbonyl (C=O) groups excluding carboxylic acids is 1. The van der Waals surface area contributed by atoms with Crippen molar-refractivity contribution in [1.82, 2.24) is 10.3 Å². The first-order valence-electron chi connectivity index (χ1n) is 10.2. The Morgan fingerprint density at radius 1 is 1.22 bits per heavy atom. The summed E-state index contributed by atoms with van der Waals surface area (Å²) in [5.74, 6) is 0.547. The van der Waals surface area contributed by atoms with Crippen molar-refractivity contribution < 1.29 is 9.90 Å². The minimum Gasteiger partial charge on any atom is -0.404 e. The van der Waals surface area contributed by atoms with E-state index in [1.54, 1.807) is 19.5 Å². The summed E-state index contributed by atoms with van der Waals surface area (Å²) in [5, 5.41) is 16.6. The van der Waals surface area contributed by atoms with Gasteiger partial charge in [-0.25, -0.2) is 4.98 Å². The molecule has 0 atom stereocenters. The number of carbonyl (C=O) groups is 1. The molecule has 2 aromatic carbocycles. The van der Waals surface area contributed by atoms with Gasteiger partial charge >= 0.3 is 0 Å². The molecule has 0 saturated heterocycles. The summed E-state index contributed by atoms with van der Waals surface area (Å²) in [5.41, 5.74) is 9.71. The molecule has 0 aliphatic heterocycles. The molecule has 0 spiro atoms. The second kappa shape index (κ2) is 10.9. The van der Waals surface area contributed by atoms with E-state index in [0.717, 1.165) is 21.9 Å². The number of fused-ring (bicyclic) bond motifs is 1. The number of aliphatic hydroxyl groups excluding tert-OH is 1. The zero-order valence-electron chi connectivity index (χ0n) is 18.0. The highest BCUT2D eigenvalue weighted by molar-refractivity contribution is 6.07. The van der Waals surface area contributed by atoms with Gasteiger partial charge in [0.25, 0.3) is 5.91 Å². The van der Waals surface area contributed by atoms with Gasteiger partial charge < -0.3 is 21.5 Å². The van der Waals surface area contributed by atoms with Gasteiger partial charge in [0.05, 0.1) is 13.2 Å². The Morgan fingerprint density at radius 2 is 2.03 bits per heavy atom. The molecule has 164 valence electrons. The highest BCUT2D eigenvalue weighted by Crippen LogP contribution is 2.22. The van der Waals surface area contributed by atoms with Crippen LogP contribution in [-0.4, -0.2) is 42.4 Å². The number of benzene rings is 2. The van der Waals surface area contributed by atoms with Crippen LogP contribution in [0.4, 0.5) is 5.82 Å². The average Bonchev–Trinajstić information content (AvgIpc) is 2.81. The van der Waals surface area contributed by atoms with Crippen LogP contribution in [0.3, 0.4) is 0 Å². The lowest BCUT2D eigenvalue weighted by Gasteiger charge is -2.11. The summed E-state index contributed by atoms with van der Waals surface area (Å²) in [6.07, 6.45) is 5.42. The Labute approximate surface area is 187 Å². The maximum Gasteiger partial charge on any atom is 0.251 e. The molecule has 0 fully saturated rings. The highest BCUT2D eigenvalue weighted by atomic mass is 16.3. The number of hydrogen-bond donors (Lipinski definition) is 4. The first-order valence-corrected chi connectivity index (χ1v) is 10.2. The van der Waals surface area contributed by atoms with E-state index >= 15 is 0 Å². The fourth-order valence-corrected chi connectivity index (χ4v) is 3.33. The van der Waals surface area contributed by atoms with Crippen LogP contribution in [0.5, 0.6) is 0 Å². The van der Waals surface area contributed by atoms with Crippen molar-refractivity contribution in [3.8, 4) is 0 Å². The van der Waals surface area contributed by atoms with Crippen LogP contribution in [0.2, 0.25) is 0 Å². The summed E-state index contributed by atoms with van der Waals surface area (Å²) < 4.78 is 0. The van der Waals surface area contributed by atoms with Crippen molar-refractivity contribution in [3.63, 3.8) is 0 Å². The molecule has 5 N–H and O–H groups in total. The topological polar surface area (TPSA) is 113 Å². The van der Waals surface area contributed by atoms with Gasteiger partial charge in [-0.2, -0.15) is 0 Å². The normalized spacial score (nSPS) is 11.6. The van der Waals surface area contributed by atoms with Crippen LogP contribution < -0.4 is 16.4 Å². The third-order valence-corrected chi connectivity index (χ3v) is 4.92. The van der Waals surface area contributed by atoms with Crippen molar-refractivity contribution in [2.75, 3.05) is 25.5 Å². The molecule has 0 aliphatic rings. The molecule has 7 heteroatoms. The first kappa shape index (κ1) is 22.7. The van der Waals surface area contributed by atoms with E-state index in [-0.39, 0.29) is 12.5 Å². The van der Waals surface area contributed by atoms with Crippen LogP contribution in [0.25, 0.3) is 10.8 Å². The number of aliphatic imine (C=N–C) groups is 1. The predicted molar refractivity (Wildman–Crippen MR) is 130 cm³/mol. The Bertz CT molecular complexity index is 1180. The van der Waals surface area contributed by atoms with Crippen molar-refractivity contribution in [2.24, 2.45) is 10.7 Å². The number of nitrogens with zero attached hydrogens (tertiary/aromatic N) is 2. The maximum atomic E-state index is 12.1. The van der Waals surface area contributed by atoms with Crippen LogP contribution >= 0.6 is 0 Å². The van der Waals surface area contributed by atoms with Gasteiger partial charge in [-0.3, -0.25) is 9.79 Å². The predicted octanol–water partition coefficient (Wildman–Crippen LogP) is 3.02. The molecule has 1 heterocycles. The molecule has 0 radical (unpaired) electrons. The molecule has 3 rings (SSSR count). The average molecular weight is 430 g/mol. The van der Waals surface area contributed by atoms with E-state index in [9.17, 15) is 4.79 Å². The van der Waals surface area contributed by atoms with Crippen LogP contribution in [0, 0.1) is 0 Å². The number of anilines is 1. The Balaban J connectivity index is 1.76. The molecule has 0 aliphatic carbocycles. The fraction of sp³-hybridized carbons (Fsp3) is 0.160. The fourth-order valence-electron chi connectivity index (χ4n) is 3.33. The van der Waals surface area contributed by atoms with Crippen LogP contribution in [0.15, 0.2) is 83.8 Å². The Hall–Kier alpha value is -3.97. The smallest absolute Gasteiger partial charge is 0.251 e.